The molecular weight excluding hydrogens is 425 g/mol. The maximum atomic E-state index is 11.3. The minimum Gasteiger partial charge on any atom is -0.490 e. The van der Waals surface area contributed by atoms with Crippen LogP contribution in [0.5, 0.6) is 11.5 Å². The molecule has 2 aromatic rings. The van der Waals surface area contributed by atoms with Gasteiger partial charge in [-0.15, -0.1) is 0 Å². The van der Waals surface area contributed by atoms with Crippen molar-refractivity contribution >= 4 is 29.5 Å². The Labute approximate surface area is 186 Å². The number of nitrogens with zero attached hydrogens (tertiary/aromatic N) is 1. The predicted octanol–water partition coefficient (Wildman–Crippen LogP) is 4.32. The molecule has 0 aliphatic carbocycles. The maximum Gasteiger partial charge on any atom is 0.153 e. The molecule has 0 saturated carbocycles. The molecular formula is C23H25Cl2NO4. The molecule has 1 atom stereocenters. The number of likely N-dealkylation sites (tertiary alicyclic amines) is 1. The zero-order valence-electron chi connectivity index (χ0n) is 16.9. The van der Waals surface area contributed by atoms with Gasteiger partial charge in [-0.25, -0.2) is 0 Å². The van der Waals surface area contributed by atoms with Gasteiger partial charge in [0.25, 0.3) is 0 Å². The average molecular weight is 450 g/mol. The van der Waals surface area contributed by atoms with E-state index in [9.17, 15) is 9.90 Å². The Morgan fingerprint density at radius 3 is 2.73 bits per heavy atom. The summed E-state index contributed by atoms with van der Waals surface area (Å²) in [7, 11) is 0. The zero-order valence-corrected chi connectivity index (χ0v) is 18.4. The van der Waals surface area contributed by atoms with Crippen molar-refractivity contribution in [3.63, 3.8) is 0 Å². The minimum atomic E-state index is -0.658. The fourth-order valence-electron chi connectivity index (χ4n) is 4.39. The summed E-state index contributed by atoms with van der Waals surface area (Å²) in [6.45, 7) is 4.15. The van der Waals surface area contributed by atoms with Crippen molar-refractivity contribution in [2.24, 2.45) is 0 Å². The highest BCUT2D eigenvalue weighted by Crippen LogP contribution is 2.42. The van der Waals surface area contributed by atoms with Gasteiger partial charge in [-0.3, -0.25) is 4.79 Å². The van der Waals surface area contributed by atoms with Crippen LogP contribution >= 0.6 is 23.2 Å². The topological polar surface area (TPSA) is 59.0 Å². The molecule has 160 valence electrons. The van der Waals surface area contributed by atoms with E-state index in [0.717, 1.165) is 55.0 Å². The van der Waals surface area contributed by atoms with Crippen LogP contribution in [-0.4, -0.2) is 54.2 Å². The summed E-state index contributed by atoms with van der Waals surface area (Å²) in [5.41, 5.74) is 2.18. The van der Waals surface area contributed by atoms with Gasteiger partial charge in [0, 0.05) is 48.9 Å². The highest BCUT2D eigenvalue weighted by Gasteiger charge is 2.42. The van der Waals surface area contributed by atoms with Crippen molar-refractivity contribution in [2.75, 3.05) is 26.2 Å². The van der Waals surface area contributed by atoms with Crippen LogP contribution in [0.25, 0.3) is 0 Å². The van der Waals surface area contributed by atoms with Gasteiger partial charge in [0.1, 0.15) is 29.8 Å². The Hall–Kier alpha value is -1.79. The van der Waals surface area contributed by atoms with Crippen LogP contribution < -0.4 is 9.47 Å². The monoisotopic (exact) mass is 449 g/mol. The standard InChI is InChI=1S/C23H25Cl2NO4/c1-15-8-19(25)10-17(13-27)22(15)29-14-20(28)12-26-6-4-23(5-7-26)11-16-9-18(24)2-3-21(16)30-23/h2-3,8-10,13,20,28H,4-7,11-12,14H2,1H3/t20-/m0/s1. The SMILES string of the molecule is Cc1cc(Cl)cc(C=O)c1OC[C@@H](O)CN1CCC2(CC1)Cc1cc(Cl)ccc1O2. The number of piperidine rings is 1. The van der Waals surface area contributed by atoms with Crippen LogP contribution in [0.4, 0.5) is 0 Å². The van der Waals surface area contributed by atoms with Crippen LogP contribution in [0.1, 0.15) is 34.3 Å². The molecule has 7 heteroatoms. The number of carbonyl (C=O) groups is 1. The number of aliphatic hydroxyl groups is 1. The summed E-state index contributed by atoms with van der Waals surface area (Å²) in [5, 5.41) is 11.7. The van der Waals surface area contributed by atoms with Crippen molar-refractivity contribution in [3.8, 4) is 11.5 Å². The Kier molecular flexibility index (Phi) is 6.26. The molecule has 0 bridgehead atoms. The van der Waals surface area contributed by atoms with Crippen molar-refractivity contribution in [1.29, 1.82) is 0 Å². The third-order valence-electron chi connectivity index (χ3n) is 5.91. The third-order valence-corrected chi connectivity index (χ3v) is 6.37. The number of benzene rings is 2. The molecule has 1 fully saturated rings. The number of hydrogen-bond acceptors (Lipinski definition) is 5. The van der Waals surface area contributed by atoms with E-state index >= 15 is 0 Å². The maximum absolute atomic E-state index is 11.3. The highest BCUT2D eigenvalue weighted by atomic mass is 35.5. The number of halogens is 2. The van der Waals surface area contributed by atoms with E-state index < -0.39 is 6.10 Å². The Bertz CT molecular complexity index is 941. The number of rotatable bonds is 6. The number of aliphatic hydroxyl groups excluding tert-OH is 1. The van der Waals surface area contributed by atoms with Crippen LogP contribution in [0, 0.1) is 6.92 Å². The third kappa shape index (κ3) is 4.59. The van der Waals surface area contributed by atoms with Gasteiger partial charge in [-0.2, -0.15) is 0 Å². The normalized spacial score (nSPS) is 18.7. The minimum absolute atomic E-state index is 0.116. The second-order valence-electron chi connectivity index (χ2n) is 8.24. The quantitative estimate of drug-likeness (QED) is 0.665. The highest BCUT2D eigenvalue weighted by molar-refractivity contribution is 6.31. The second kappa shape index (κ2) is 8.75. The Morgan fingerprint density at radius 1 is 1.23 bits per heavy atom. The smallest absolute Gasteiger partial charge is 0.153 e. The van der Waals surface area contributed by atoms with Gasteiger partial charge in [-0.05, 0) is 48.4 Å². The summed E-state index contributed by atoms with van der Waals surface area (Å²) in [5.74, 6) is 1.41. The fraction of sp³-hybridized carbons (Fsp3) is 0.435. The van der Waals surface area contributed by atoms with Crippen molar-refractivity contribution in [3.05, 3.63) is 57.1 Å². The lowest BCUT2D eigenvalue weighted by atomic mass is 9.87. The van der Waals surface area contributed by atoms with E-state index in [0.29, 0.717) is 22.9 Å². The number of aryl methyl sites for hydroxylation is 1. The van der Waals surface area contributed by atoms with Gasteiger partial charge in [0.15, 0.2) is 6.29 Å². The largest absolute Gasteiger partial charge is 0.490 e. The van der Waals surface area contributed by atoms with Crippen molar-refractivity contribution in [2.45, 2.75) is 37.9 Å². The first-order chi connectivity index (χ1) is 14.4. The Balaban J connectivity index is 1.28. The molecule has 30 heavy (non-hydrogen) atoms. The molecule has 1 saturated heterocycles. The van der Waals surface area contributed by atoms with Gasteiger partial charge in [0.05, 0.1) is 5.56 Å². The van der Waals surface area contributed by atoms with Gasteiger partial charge in [0.2, 0.25) is 0 Å². The van der Waals surface area contributed by atoms with Crippen molar-refractivity contribution in [1.82, 2.24) is 4.90 Å². The van der Waals surface area contributed by atoms with E-state index in [-0.39, 0.29) is 12.2 Å². The summed E-state index contributed by atoms with van der Waals surface area (Å²) in [6, 6.07) is 9.12. The van der Waals surface area contributed by atoms with Crippen LogP contribution in [0.15, 0.2) is 30.3 Å². The second-order valence-corrected chi connectivity index (χ2v) is 9.11. The summed E-state index contributed by atoms with van der Waals surface area (Å²) >= 11 is 12.1. The first-order valence-electron chi connectivity index (χ1n) is 10.1. The molecule has 2 aliphatic heterocycles. The van der Waals surface area contributed by atoms with Gasteiger partial charge < -0.3 is 19.5 Å². The van der Waals surface area contributed by atoms with Gasteiger partial charge >= 0.3 is 0 Å². The van der Waals surface area contributed by atoms with Gasteiger partial charge in [-0.1, -0.05) is 23.2 Å². The number of ether oxygens (including phenoxy) is 2. The van der Waals surface area contributed by atoms with E-state index in [4.69, 9.17) is 32.7 Å². The molecule has 0 amide bonds. The molecule has 0 radical (unpaired) electrons. The summed E-state index contributed by atoms with van der Waals surface area (Å²) in [6.07, 6.45) is 2.75. The molecule has 1 N–H and O–H groups in total. The summed E-state index contributed by atoms with van der Waals surface area (Å²) in [4.78, 5) is 13.5. The molecule has 0 aromatic heterocycles. The Morgan fingerprint density at radius 2 is 2.00 bits per heavy atom. The average Bonchev–Trinajstić information content (AvgIpc) is 3.05. The molecule has 4 rings (SSSR count). The lowest BCUT2D eigenvalue weighted by Gasteiger charge is -2.39. The number of fused-ring (bicyclic) bond motifs is 1. The first-order valence-corrected chi connectivity index (χ1v) is 10.9. The number of aldehydes is 1. The van der Waals surface area contributed by atoms with E-state index in [1.54, 1.807) is 12.1 Å². The fourth-order valence-corrected chi connectivity index (χ4v) is 4.87. The lowest BCUT2D eigenvalue weighted by Crippen LogP contribution is -2.49. The zero-order chi connectivity index (χ0) is 21.3. The predicted molar refractivity (Wildman–Crippen MR) is 117 cm³/mol. The molecule has 2 aliphatic rings. The van der Waals surface area contributed by atoms with Crippen LogP contribution in [0.2, 0.25) is 10.0 Å². The molecule has 5 nitrogen and oxygen atoms in total. The number of β-amino-alcohol motifs (C(OH)–C–C–N with tert-alkyl or cyclic N) is 1. The van der Waals surface area contributed by atoms with Crippen molar-refractivity contribution < 1.29 is 19.4 Å². The molecule has 2 aromatic carbocycles. The van der Waals surface area contributed by atoms with Crippen LogP contribution in [0.3, 0.4) is 0 Å². The molecule has 1 spiro atoms. The molecule has 0 unspecified atom stereocenters. The van der Waals surface area contributed by atoms with E-state index in [2.05, 4.69) is 4.90 Å². The van der Waals surface area contributed by atoms with E-state index in [1.165, 1.54) is 5.56 Å². The first kappa shape index (κ1) is 21.4. The lowest BCUT2D eigenvalue weighted by molar-refractivity contribution is -0.00202. The van der Waals surface area contributed by atoms with Crippen LogP contribution in [-0.2, 0) is 6.42 Å². The summed E-state index contributed by atoms with van der Waals surface area (Å²) < 4.78 is 12.0. The van der Waals surface area contributed by atoms with E-state index in [1.807, 2.05) is 25.1 Å². The number of carbonyl (C=O) groups excluding carboxylic acids is 1. The molecule has 2 heterocycles. The number of hydrogen-bond donors (Lipinski definition) is 1.